The Kier molecular flexibility index (Phi) is 6.82. The summed E-state index contributed by atoms with van der Waals surface area (Å²) in [6.07, 6.45) is 7.49. The second-order valence-corrected chi connectivity index (χ2v) is 4.19. The van der Waals surface area contributed by atoms with E-state index >= 15 is 0 Å². The molecule has 0 aliphatic heterocycles. The lowest BCUT2D eigenvalue weighted by atomic mass is 10.1. The number of hydrogen-bond donors (Lipinski definition) is 1. The van der Waals surface area contributed by atoms with Gasteiger partial charge in [-0.1, -0.05) is 37.6 Å². The SMILES string of the molecule is CCCCOC(=O)/C=C/c1ccc(/C=C/C(=O)O)cc1. The zero-order valence-corrected chi connectivity index (χ0v) is 11.4. The predicted molar refractivity (Wildman–Crippen MR) is 78.0 cm³/mol. The van der Waals surface area contributed by atoms with Crippen LogP contribution in [-0.4, -0.2) is 23.7 Å². The van der Waals surface area contributed by atoms with Crippen molar-refractivity contribution in [2.45, 2.75) is 19.8 Å². The van der Waals surface area contributed by atoms with E-state index in [1.807, 2.05) is 6.92 Å². The monoisotopic (exact) mass is 274 g/mol. The summed E-state index contributed by atoms with van der Waals surface area (Å²) in [4.78, 5) is 21.7. The van der Waals surface area contributed by atoms with Gasteiger partial charge in [-0.05, 0) is 29.7 Å². The molecule has 4 nitrogen and oxygen atoms in total. The molecule has 0 heterocycles. The molecule has 20 heavy (non-hydrogen) atoms. The van der Waals surface area contributed by atoms with Crippen molar-refractivity contribution in [3.63, 3.8) is 0 Å². The second kappa shape index (κ2) is 8.69. The molecule has 0 saturated carbocycles. The van der Waals surface area contributed by atoms with Crippen molar-refractivity contribution < 1.29 is 19.4 Å². The number of carbonyl (C=O) groups excluding carboxylic acids is 1. The van der Waals surface area contributed by atoms with Crippen molar-refractivity contribution >= 4 is 24.1 Å². The number of rotatable bonds is 7. The summed E-state index contributed by atoms with van der Waals surface area (Å²) in [7, 11) is 0. The van der Waals surface area contributed by atoms with Gasteiger partial charge in [-0.2, -0.15) is 0 Å². The quantitative estimate of drug-likeness (QED) is 0.471. The number of carboxylic acids is 1. The minimum Gasteiger partial charge on any atom is -0.478 e. The molecule has 0 saturated heterocycles. The molecule has 1 aromatic carbocycles. The van der Waals surface area contributed by atoms with E-state index in [4.69, 9.17) is 9.84 Å². The van der Waals surface area contributed by atoms with Gasteiger partial charge in [-0.15, -0.1) is 0 Å². The lowest BCUT2D eigenvalue weighted by molar-refractivity contribution is -0.137. The topological polar surface area (TPSA) is 63.6 Å². The standard InChI is InChI=1S/C16H18O4/c1-2-3-12-20-16(19)11-9-14-6-4-13(5-7-14)8-10-15(17)18/h4-11H,2-3,12H2,1H3,(H,17,18)/b10-8+,11-9+. The van der Waals surface area contributed by atoms with Crippen molar-refractivity contribution in [1.29, 1.82) is 0 Å². The molecule has 0 spiro atoms. The Balaban J connectivity index is 2.52. The Morgan fingerprint density at radius 1 is 1.10 bits per heavy atom. The zero-order chi connectivity index (χ0) is 14.8. The number of unbranched alkanes of at least 4 members (excludes halogenated alkanes) is 1. The van der Waals surface area contributed by atoms with E-state index < -0.39 is 5.97 Å². The fourth-order valence-electron chi connectivity index (χ4n) is 1.42. The van der Waals surface area contributed by atoms with Crippen LogP contribution in [0.3, 0.4) is 0 Å². The minimum absolute atomic E-state index is 0.353. The molecule has 0 aliphatic carbocycles. The minimum atomic E-state index is -0.983. The number of benzene rings is 1. The fourth-order valence-corrected chi connectivity index (χ4v) is 1.42. The molecule has 0 fully saturated rings. The van der Waals surface area contributed by atoms with Gasteiger partial charge in [0.1, 0.15) is 0 Å². The summed E-state index contributed by atoms with van der Waals surface area (Å²) in [6.45, 7) is 2.47. The van der Waals surface area contributed by atoms with Crippen LogP contribution in [-0.2, 0) is 14.3 Å². The van der Waals surface area contributed by atoms with Gasteiger partial charge >= 0.3 is 11.9 Å². The summed E-state index contributed by atoms with van der Waals surface area (Å²) >= 11 is 0. The summed E-state index contributed by atoms with van der Waals surface area (Å²) < 4.78 is 4.99. The van der Waals surface area contributed by atoms with Gasteiger partial charge < -0.3 is 9.84 Å². The van der Waals surface area contributed by atoms with Crippen molar-refractivity contribution in [2.24, 2.45) is 0 Å². The van der Waals surface area contributed by atoms with Crippen LogP contribution in [0.4, 0.5) is 0 Å². The molecule has 4 heteroatoms. The van der Waals surface area contributed by atoms with E-state index in [0.29, 0.717) is 6.61 Å². The maximum absolute atomic E-state index is 11.4. The highest BCUT2D eigenvalue weighted by Crippen LogP contribution is 2.08. The Hall–Kier alpha value is -2.36. The predicted octanol–water partition coefficient (Wildman–Crippen LogP) is 3.14. The van der Waals surface area contributed by atoms with Crippen LogP contribution < -0.4 is 0 Å². The molecule has 0 radical (unpaired) electrons. The Morgan fingerprint density at radius 3 is 2.15 bits per heavy atom. The van der Waals surface area contributed by atoms with Crippen molar-refractivity contribution in [1.82, 2.24) is 0 Å². The fraction of sp³-hybridized carbons (Fsp3) is 0.250. The number of carboxylic acid groups (broad SMARTS) is 1. The third-order valence-corrected chi connectivity index (χ3v) is 2.51. The van der Waals surface area contributed by atoms with Gasteiger partial charge in [0.15, 0.2) is 0 Å². The Bertz CT molecular complexity index is 498. The first kappa shape index (κ1) is 15.7. The summed E-state index contributed by atoms with van der Waals surface area (Å²) in [5.74, 6) is -1.34. The second-order valence-electron chi connectivity index (χ2n) is 4.19. The van der Waals surface area contributed by atoms with Crippen molar-refractivity contribution in [3.05, 3.63) is 47.5 Å². The lowest BCUT2D eigenvalue weighted by Gasteiger charge is -1.99. The summed E-state index contributed by atoms with van der Waals surface area (Å²) in [5.41, 5.74) is 1.64. The van der Waals surface area contributed by atoms with E-state index in [1.165, 1.54) is 12.2 Å². The van der Waals surface area contributed by atoms with Crippen LogP contribution >= 0.6 is 0 Å². The average Bonchev–Trinajstić information content (AvgIpc) is 2.44. The maximum Gasteiger partial charge on any atom is 0.330 e. The van der Waals surface area contributed by atoms with E-state index in [2.05, 4.69) is 0 Å². The van der Waals surface area contributed by atoms with Gasteiger partial charge in [0.25, 0.3) is 0 Å². The van der Waals surface area contributed by atoms with E-state index in [0.717, 1.165) is 30.0 Å². The van der Waals surface area contributed by atoms with Crippen LogP contribution in [0.5, 0.6) is 0 Å². The molecule has 0 unspecified atom stereocenters. The van der Waals surface area contributed by atoms with Gasteiger partial charge in [-0.25, -0.2) is 9.59 Å². The van der Waals surface area contributed by atoms with Crippen molar-refractivity contribution in [2.75, 3.05) is 6.61 Å². The third-order valence-electron chi connectivity index (χ3n) is 2.51. The van der Waals surface area contributed by atoms with E-state index in [9.17, 15) is 9.59 Å². The normalized spacial score (nSPS) is 11.1. The first-order valence-corrected chi connectivity index (χ1v) is 6.47. The van der Waals surface area contributed by atoms with Crippen LogP contribution in [0.2, 0.25) is 0 Å². The molecular weight excluding hydrogens is 256 g/mol. The molecule has 0 amide bonds. The van der Waals surface area contributed by atoms with Gasteiger partial charge in [0, 0.05) is 12.2 Å². The van der Waals surface area contributed by atoms with Crippen LogP contribution in [0.25, 0.3) is 12.2 Å². The van der Waals surface area contributed by atoms with Crippen LogP contribution in [0.15, 0.2) is 36.4 Å². The number of carbonyl (C=O) groups is 2. The molecular formula is C16H18O4. The van der Waals surface area contributed by atoms with E-state index in [1.54, 1.807) is 30.3 Å². The van der Waals surface area contributed by atoms with E-state index in [-0.39, 0.29) is 5.97 Å². The molecule has 0 atom stereocenters. The van der Waals surface area contributed by atoms with Crippen LogP contribution in [0, 0.1) is 0 Å². The molecule has 0 aromatic heterocycles. The summed E-state index contributed by atoms with van der Waals surface area (Å²) in [6, 6.07) is 7.16. The highest BCUT2D eigenvalue weighted by molar-refractivity contribution is 5.87. The smallest absolute Gasteiger partial charge is 0.330 e. The van der Waals surface area contributed by atoms with Crippen molar-refractivity contribution in [3.8, 4) is 0 Å². The Morgan fingerprint density at radius 2 is 1.65 bits per heavy atom. The highest BCUT2D eigenvalue weighted by atomic mass is 16.5. The number of hydrogen-bond acceptors (Lipinski definition) is 3. The third kappa shape index (κ3) is 6.54. The largest absolute Gasteiger partial charge is 0.478 e. The maximum atomic E-state index is 11.4. The first-order chi connectivity index (χ1) is 9.61. The van der Waals surface area contributed by atoms with Crippen LogP contribution in [0.1, 0.15) is 30.9 Å². The Labute approximate surface area is 118 Å². The zero-order valence-electron chi connectivity index (χ0n) is 11.4. The molecule has 1 N–H and O–H groups in total. The van der Waals surface area contributed by atoms with Gasteiger partial charge in [0.05, 0.1) is 6.61 Å². The molecule has 106 valence electrons. The number of ether oxygens (including phenoxy) is 1. The van der Waals surface area contributed by atoms with Gasteiger partial charge in [0.2, 0.25) is 0 Å². The van der Waals surface area contributed by atoms with Gasteiger partial charge in [-0.3, -0.25) is 0 Å². The number of esters is 1. The number of aliphatic carboxylic acids is 1. The molecule has 1 rings (SSSR count). The molecule has 0 bridgehead atoms. The first-order valence-electron chi connectivity index (χ1n) is 6.47. The average molecular weight is 274 g/mol. The lowest BCUT2D eigenvalue weighted by Crippen LogP contribution is -2.01. The molecule has 0 aliphatic rings. The summed E-state index contributed by atoms with van der Waals surface area (Å²) in [5, 5.41) is 8.51. The molecule has 1 aromatic rings. The highest BCUT2D eigenvalue weighted by Gasteiger charge is 1.96.